The number of piperidine rings is 1. The fourth-order valence-electron chi connectivity index (χ4n) is 5.59. The van der Waals surface area contributed by atoms with Gasteiger partial charge in [0.1, 0.15) is 17.9 Å². The van der Waals surface area contributed by atoms with E-state index in [0.717, 1.165) is 19.5 Å². The van der Waals surface area contributed by atoms with E-state index in [9.17, 15) is 9.59 Å². The Labute approximate surface area is 263 Å². The molecule has 2 bridgehead atoms. The third-order valence-electron chi connectivity index (χ3n) is 7.59. The lowest BCUT2D eigenvalue weighted by Gasteiger charge is -2.55. The number of piperazine rings is 1. The number of pyridine rings is 1. The molecular weight excluding hydrogens is 607 g/mol. The van der Waals surface area contributed by atoms with Crippen molar-refractivity contribution < 1.29 is 14.3 Å². The molecule has 1 N–H and O–H groups in total. The molecule has 0 aliphatic carbocycles. The predicted molar refractivity (Wildman–Crippen MR) is 168 cm³/mol. The van der Waals surface area contributed by atoms with E-state index < -0.39 is 5.60 Å². The molecule has 44 heavy (non-hydrogen) atoms. The standard InChI is InChI=1S/C30H32Cl2N8O4/c1-30(2,3)44-29(42)40-18-13-19(40)16-39(15-18)10-11-43-24-9-8-23(36-37-24)34-28-33-14-17-12-20(27(41)38(4)26(17)35-28)25-21(31)6-5-7-22(25)32/h5-9,12,14,18-19H,10-11,13,15-16H2,1-4H3,(H,33,34,35,36). The molecule has 0 spiro atoms. The highest BCUT2D eigenvalue weighted by Gasteiger charge is 2.48. The first-order valence-electron chi connectivity index (χ1n) is 14.3. The van der Waals surface area contributed by atoms with E-state index in [1.165, 1.54) is 4.57 Å². The van der Waals surface area contributed by atoms with Crippen molar-refractivity contribution in [3.8, 4) is 17.0 Å². The molecule has 0 saturated carbocycles. The van der Waals surface area contributed by atoms with Crippen LogP contribution in [0.4, 0.5) is 16.6 Å². The molecular formula is C30H32Cl2N8O4. The van der Waals surface area contributed by atoms with Crippen LogP contribution < -0.4 is 15.6 Å². The summed E-state index contributed by atoms with van der Waals surface area (Å²) in [6.45, 7) is 8.38. The number of ether oxygens (including phenoxy) is 2. The second-order valence-electron chi connectivity index (χ2n) is 11.9. The maximum atomic E-state index is 13.2. The van der Waals surface area contributed by atoms with Gasteiger partial charge in [0.2, 0.25) is 11.8 Å². The van der Waals surface area contributed by atoms with E-state index >= 15 is 0 Å². The molecule has 3 aliphatic heterocycles. The number of nitrogens with zero attached hydrogens (tertiary/aromatic N) is 7. The number of aromatic nitrogens is 5. The van der Waals surface area contributed by atoms with Crippen LogP contribution in [0.25, 0.3) is 22.2 Å². The SMILES string of the molecule is Cn1c(=O)c(-c2c(Cl)cccc2Cl)cc2cnc(Nc3ccc(OCCN4CC5CC(C4)N5C(=O)OC(C)(C)C)nn3)nc21. The molecule has 3 aromatic heterocycles. The zero-order valence-electron chi connectivity index (χ0n) is 24.8. The van der Waals surface area contributed by atoms with Crippen LogP contribution in [0, 0.1) is 0 Å². The number of carbonyl (C=O) groups is 1. The number of amides is 1. The number of rotatable bonds is 7. The van der Waals surface area contributed by atoms with E-state index in [2.05, 4.69) is 30.4 Å². The molecule has 230 valence electrons. The number of carbonyl (C=O) groups excluding carboxylic acids is 1. The van der Waals surface area contributed by atoms with Gasteiger partial charge in [0.05, 0.1) is 27.7 Å². The number of aryl methyl sites for hydroxylation is 1. The van der Waals surface area contributed by atoms with Crippen molar-refractivity contribution in [3.63, 3.8) is 0 Å². The molecule has 3 saturated heterocycles. The normalized spacial score (nSPS) is 18.2. The van der Waals surface area contributed by atoms with Crippen molar-refractivity contribution in [3.05, 3.63) is 63.0 Å². The molecule has 1 aromatic carbocycles. The summed E-state index contributed by atoms with van der Waals surface area (Å²) in [6, 6.07) is 10.6. The molecule has 6 heterocycles. The van der Waals surface area contributed by atoms with Gasteiger partial charge in [0, 0.05) is 49.9 Å². The van der Waals surface area contributed by atoms with Gasteiger partial charge in [-0.2, -0.15) is 4.98 Å². The van der Waals surface area contributed by atoms with Crippen molar-refractivity contribution in [2.24, 2.45) is 7.05 Å². The maximum absolute atomic E-state index is 13.2. The van der Waals surface area contributed by atoms with Crippen molar-refractivity contribution >= 4 is 52.1 Å². The van der Waals surface area contributed by atoms with Crippen LogP contribution in [0.1, 0.15) is 27.2 Å². The first-order valence-corrected chi connectivity index (χ1v) is 15.0. The van der Waals surface area contributed by atoms with Crippen LogP contribution in [0.2, 0.25) is 10.0 Å². The Bertz CT molecular complexity index is 1740. The number of benzene rings is 1. The third-order valence-corrected chi connectivity index (χ3v) is 8.22. The summed E-state index contributed by atoms with van der Waals surface area (Å²) in [6.07, 6.45) is 2.39. The van der Waals surface area contributed by atoms with E-state index in [4.69, 9.17) is 32.7 Å². The first-order chi connectivity index (χ1) is 21.0. The second kappa shape index (κ2) is 11.8. The van der Waals surface area contributed by atoms with Crippen molar-refractivity contribution in [1.82, 2.24) is 34.5 Å². The zero-order valence-corrected chi connectivity index (χ0v) is 26.3. The molecule has 2 atom stereocenters. The Hall–Kier alpha value is -4.00. The fraction of sp³-hybridized carbons (Fsp3) is 0.400. The number of anilines is 2. The van der Waals surface area contributed by atoms with E-state index in [1.807, 2.05) is 25.7 Å². The molecule has 7 rings (SSSR count). The largest absolute Gasteiger partial charge is 0.475 e. The topological polar surface area (TPSA) is 128 Å². The van der Waals surface area contributed by atoms with Gasteiger partial charge in [-0.05, 0) is 51.5 Å². The lowest BCUT2D eigenvalue weighted by molar-refractivity contribution is -0.0777. The van der Waals surface area contributed by atoms with Gasteiger partial charge in [0.15, 0.2) is 5.82 Å². The van der Waals surface area contributed by atoms with Crippen LogP contribution in [0.5, 0.6) is 5.88 Å². The van der Waals surface area contributed by atoms with E-state index in [0.29, 0.717) is 57.1 Å². The summed E-state index contributed by atoms with van der Waals surface area (Å²) in [7, 11) is 1.63. The van der Waals surface area contributed by atoms with Gasteiger partial charge in [-0.1, -0.05) is 29.3 Å². The minimum absolute atomic E-state index is 0.177. The Morgan fingerprint density at radius 1 is 1.09 bits per heavy atom. The lowest BCUT2D eigenvalue weighted by atomic mass is 9.88. The van der Waals surface area contributed by atoms with Gasteiger partial charge in [0.25, 0.3) is 5.56 Å². The van der Waals surface area contributed by atoms with Crippen LogP contribution in [0.3, 0.4) is 0 Å². The highest BCUT2D eigenvalue weighted by atomic mass is 35.5. The quantitative estimate of drug-likeness (QED) is 0.298. The molecule has 4 aromatic rings. The summed E-state index contributed by atoms with van der Waals surface area (Å²) >= 11 is 12.7. The Kier molecular flexibility index (Phi) is 8.08. The number of nitrogens with one attached hydrogen (secondary N) is 1. The van der Waals surface area contributed by atoms with Gasteiger partial charge in [-0.15, -0.1) is 10.2 Å². The monoisotopic (exact) mass is 638 g/mol. The molecule has 1 amide bonds. The minimum Gasteiger partial charge on any atom is -0.475 e. The van der Waals surface area contributed by atoms with Crippen LogP contribution in [-0.2, 0) is 11.8 Å². The van der Waals surface area contributed by atoms with Gasteiger partial charge >= 0.3 is 6.09 Å². The number of fused-ring (bicyclic) bond motifs is 3. The summed E-state index contributed by atoms with van der Waals surface area (Å²) in [5, 5.41) is 12.7. The Balaban J connectivity index is 1.04. The highest BCUT2D eigenvalue weighted by Crippen LogP contribution is 2.35. The molecule has 3 fully saturated rings. The number of hydrogen-bond acceptors (Lipinski definition) is 10. The van der Waals surface area contributed by atoms with Gasteiger partial charge in [-0.25, -0.2) is 9.78 Å². The second-order valence-corrected chi connectivity index (χ2v) is 12.7. The lowest BCUT2D eigenvalue weighted by Crippen LogP contribution is -2.70. The summed E-state index contributed by atoms with van der Waals surface area (Å²) in [4.78, 5) is 38.7. The predicted octanol–water partition coefficient (Wildman–Crippen LogP) is 4.91. The van der Waals surface area contributed by atoms with Crippen LogP contribution in [-0.4, -0.2) is 84.6 Å². The molecule has 3 aliphatic rings. The minimum atomic E-state index is -0.499. The molecule has 14 heteroatoms. The van der Waals surface area contributed by atoms with E-state index in [1.54, 1.807) is 49.6 Å². The Morgan fingerprint density at radius 2 is 1.82 bits per heavy atom. The zero-order chi connectivity index (χ0) is 31.2. The highest BCUT2D eigenvalue weighted by molar-refractivity contribution is 6.39. The average molecular weight is 640 g/mol. The summed E-state index contributed by atoms with van der Waals surface area (Å²) in [5.74, 6) is 1.06. The molecule has 2 unspecified atom stereocenters. The van der Waals surface area contributed by atoms with Crippen molar-refractivity contribution in [1.29, 1.82) is 0 Å². The van der Waals surface area contributed by atoms with Crippen molar-refractivity contribution in [2.75, 3.05) is 31.6 Å². The van der Waals surface area contributed by atoms with Gasteiger partial charge < -0.3 is 14.8 Å². The molecule has 12 nitrogen and oxygen atoms in total. The van der Waals surface area contributed by atoms with Gasteiger partial charge in [-0.3, -0.25) is 19.2 Å². The number of hydrogen-bond donors (Lipinski definition) is 1. The maximum Gasteiger partial charge on any atom is 0.410 e. The van der Waals surface area contributed by atoms with Crippen LogP contribution in [0.15, 0.2) is 47.4 Å². The average Bonchev–Trinajstić information content (AvgIpc) is 2.96. The summed E-state index contributed by atoms with van der Waals surface area (Å²) < 4.78 is 12.8. The van der Waals surface area contributed by atoms with Crippen LogP contribution >= 0.6 is 23.2 Å². The Morgan fingerprint density at radius 3 is 2.48 bits per heavy atom. The fourth-order valence-corrected chi connectivity index (χ4v) is 6.19. The van der Waals surface area contributed by atoms with Crippen molar-refractivity contribution in [2.45, 2.75) is 44.9 Å². The number of halogens is 2. The summed E-state index contributed by atoms with van der Waals surface area (Å²) in [5.41, 5.74) is 0.468. The molecule has 0 radical (unpaired) electrons. The third kappa shape index (κ3) is 6.15. The smallest absolute Gasteiger partial charge is 0.410 e. The first kappa shape index (κ1) is 30.0. The van der Waals surface area contributed by atoms with E-state index in [-0.39, 0.29) is 29.7 Å².